The summed E-state index contributed by atoms with van der Waals surface area (Å²) in [7, 11) is -3.70. The van der Waals surface area contributed by atoms with Gasteiger partial charge in [-0.2, -0.15) is 0 Å². The summed E-state index contributed by atoms with van der Waals surface area (Å²) in [5.74, 6) is 0.244. The lowest BCUT2D eigenvalue weighted by Crippen LogP contribution is -2.15. The van der Waals surface area contributed by atoms with Gasteiger partial charge in [0.2, 0.25) is 0 Å². The molecule has 2 aromatic rings. The molecule has 0 unspecified atom stereocenters. The van der Waals surface area contributed by atoms with Crippen molar-refractivity contribution in [3.8, 4) is 0 Å². The van der Waals surface area contributed by atoms with E-state index in [2.05, 4.69) is 25.6 Å². The fraction of sp³-hybridized carbons (Fsp3) is 0.0833. The average molecular weight is 362 g/mol. The Hall–Kier alpha value is -1.11. The number of anilines is 1. The Balaban J connectivity index is 2.40. The fourth-order valence-electron chi connectivity index (χ4n) is 1.52. The Kier molecular flexibility index (Phi) is 4.13. The van der Waals surface area contributed by atoms with E-state index in [-0.39, 0.29) is 10.7 Å². The highest BCUT2D eigenvalue weighted by atomic mass is 79.9. The zero-order valence-electron chi connectivity index (χ0n) is 9.89. The molecule has 0 bridgehead atoms. The second-order valence-electron chi connectivity index (χ2n) is 3.87. The minimum Gasteiger partial charge on any atom is -0.263 e. The van der Waals surface area contributed by atoms with Crippen molar-refractivity contribution in [3.63, 3.8) is 0 Å². The normalized spacial score (nSPS) is 11.3. The van der Waals surface area contributed by atoms with Gasteiger partial charge in [-0.25, -0.2) is 13.4 Å². The number of nitrogens with one attached hydrogen (secondary N) is 1. The molecule has 0 saturated carbocycles. The van der Waals surface area contributed by atoms with Gasteiger partial charge < -0.3 is 0 Å². The highest BCUT2D eigenvalue weighted by molar-refractivity contribution is 9.10. The molecule has 0 atom stereocenters. The zero-order chi connectivity index (χ0) is 14.0. The minimum absolute atomic E-state index is 0.141. The Morgan fingerprint density at radius 3 is 2.68 bits per heavy atom. The summed E-state index contributed by atoms with van der Waals surface area (Å²) < 4.78 is 27.7. The molecule has 0 saturated heterocycles. The monoisotopic (exact) mass is 360 g/mol. The average Bonchev–Trinajstić information content (AvgIpc) is 2.31. The van der Waals surface area contributed by atoms with Crippen molar-refractivity contribution in [2.45, 2.75) is 11.8 Å². The van der Waals surface area contributed by atoms with Gasteiger partial charge in [-0.05, 0) is 36.8 Å². The highest BCUT2D eigenvalue weighted by Gasteiger charge is 2.18. The molecule has 1 N–H and O–H groups in total. The van der Waals surface area contributed by atoms with Crippen LogP contribution in [0.25, 0.3) is 0 Å². The van der Waals surface area contributed by atoms with Gasteiger partial charge in [-0.3, -0.25) is 4.72 Å². The highest BCUT2D eigenvalue weighted by Crippen LogP contribution is 2.23. The topological polar surface area (TPSA) is 59.1 Å². The molecule has 2 rings (SSSR count). The SMILES string of the molecule is Cc1ccc(Cl)cc1S(=O)(=O)Nc1cc(Br)ccn1. The van der Waals surface area contributed by atoms with Crippen LogP contribution in [0.3, 0.4) is 0 Å². The third kappa shape index (κ3) is 3.46. The lowest BCUT2D eigenvalue weighted by molar-refractivity contribution is 0.600. The van der Waals surface area contributed by atoms with E-state index in [9.17, 15) is 8.42 Å². The van der Waals surface area contributed by atoms with Crippen molar-refractivity contribution in [3.05, 3.63) is 51.6 Å². The number of nitrogens with zero attached hydrogens (tertiary/aromatic N) is 1. The van der Waals surface area contributed by atoms with Gasteiger partial charge in [0, 0.05) is 15.7 Å². The summed E-state index contributed by atoms with van der Waals surface area (Å²) in [5, 5.41) is 0.369. The van der Waals surface area contributed by atoms with E-state index in [1.165, 1.54) is 12.3 Å². The Labute approximate surface area is 125 Å². The largest absolute Gasteiger partial charge is 0.263 e. The number of aromatic nitrogens is 1. The van der Waals surface area contributed by atoms with Crippen LogP contribution in [-0.2, 0) is 10.0 Å². The van der Waals surface area contributed by atoms with E-state index < -0.39 is 10.0 Å². The molecule has 100 valence electrons. The van der Waals surface area contributed by atoms with E-state index in [4.69, 9.17) is 11.6 Å². The Morgan fingerprint density at radius 2 is 2.00 bits per heavy atom. The molecule has 0 aliphatic carbocycles. The maximum atomic E-state index is 12.3. The van der Waals surface area contributed by atoms with Gasteiger partial charge in [-0.15, -0.1) is 0 Å². The van der Waals surface area contributed by atoms with Gasteiger partial charge in [-0.1, -0.05) is 33.6 Å². The lowest BCUT2D eigenvalue weighted by atomic mass is 10.2. The standard InChI is InChI=1S/C12H10BrClN2O2S/c1-8-2-3-10(14)7-11(8)19(17,18)16-12-6-9(13)4-5-15-12/h2-7H,1H3,(H,15,16). The predicted molar refractivity (Wildman–Crippen MR) is 78.9 cm³/mol. The van der Waals surface area contributed by atoms with Crippen molar-refractivity contribution >= 4 is 43.4 Å². The van der Waals surface area contributed by atoms with Gasteiger partial charge in [0.1, 0.15) is 5.82 Å². The number of pyridine rings is 1. The number of benzene rings is 1. The molecule has 1 heterocycles. The van der Waals surface area contributed by atoms with Crippen LogP contribution in [0.15, 0.2) is 45.9 Å². The number of hydrogen-bond donors (Lipinski definition) is 1. The third-order valence-corrected chi connectivity index (χ3v) is 4.63. The maximum absolute atomic E-state index is 12.3. The molecule has 19 heavy (non-hydrogen) atoms. The fourth-order valence-corrected chi connectivity index (χ4v) is 3.36. The van der Waals surface area contributed by atoms with Crippen LogP contribution >= 0.6 is 27.5 Å². The first-order chi connectivity index (χ1) is 8.88. The minimum atomic E-state index is -3.70. The first-order valence-corrected chi connectivity index (χ1v) is 7.94. The first kappa shape index (κ1) is 14.3. The number of halogens is 2. The summed E-state index contributed by atoms with van der Waals surface area (Å²) in [6.45, 7) is 1.71. The van der Waals surface area contributed by atoms with E-state index in [1.54, 1.807) is 31.2 Å². The van der Waals surface area contributed by atoms with Gasteiger partial charge in [0.15, 0.2) is 0 Å². The maximum Gasteiger partial charge on any atom is 0.263 e. The quantitative estimate of drug-likeness (QED) is 0.908. The predicted octanol–water partition coefficient (Wildman–Crippen LogP) is 3.61. The van der Waals surface area contributed by atoms with Crippen molar-refractivity contribution in [1.82, 2.24) is 4.98 Å². The summed E-state index contributed by atoms with van der Waals surface area (Å²) in [4.78, 5) is 4.09. The molecule has 0 aliphatic heterocycles. The van der Waals surface area contributed by atoms with Crippen molar-refractivity contribution in [2.24, 2.45) is 0 Å². The summed E-state index contributed by atoms with van der Waals surface area (Å²) in [5.41, 5.74) is 0.617. The zero-order valence-corrected chi connectivity index (χ0v) is 13.1. The van der Waals surface area contributed by atoms with Crippen LogP contribution in [0.1, 0.15) is 5.56 Å². The number of aryl methyl sites for hydroxylation is 1. The van der Waals surface area contributed by atoms with Crippen LogP contribution in [0.4, 0.5) is 5.82 Å². The molecule has 7 heteroatoms. The van der Waals surface area contributed by atoms with E-state index in [0.717, 1.165) is 4.47 Å². The van der Waals surface area contributed by atoms with Crippen LogP contribution in [0.5, 0.6) is 0 Å². The van der Waals surface area contributed by atoms with Crippen LogP contribution in [0, 0.1) is 6.92 Å². The molecule has 0 amide bonds. The summed E-state index contributed by atoms with van der Waals surface area (Å²) in [6, 6.07) is 8.01. The number of hydrogen-bond acceptors (Lipinski definition) is 3. The van der Waals surface area contributed by atoms with Crippen molar-refractivity contribution in [2.75, 3.05) is 4.72 Å². The van der Waals surface area contributed by atoms with Crippen LogP contribution in [-0.4, -0.2) is 13.4 Å². The molecule has 1 aromatic carbocycles. The Bertz CT molecular complexity index is 719. The molecule has 4 nitrogen and oxygen atoms in total. The van der Waals surface area contributed by atoms with Gasteiger partial charge in [0.25, 0.3) is 10.0 Å². The number of rotatable bonds is 3. The number of sulfonamides is 1. The van der Waals surface area contributed by atoms with Crippen molar-refractivity contribution in [1.29, 1.82) is 0 Å². The second-order valence-corrected chi connectivity index (χ2v) is 6.88. The van der Waals surface area contributed by atoms with Gasteiger partial charge >= 0.3 is 0 Å². The first-order valence-electron chi connectivity index (χ1n) is 5.29. The molecular weight excluding hydrogens is 352 g/mol. The van der Waals surface area contributed by atoms with Crippen LogP contribution in [0.2, 0.25) is 5.02 Å². The third-order valence-electron chi connectivity index (χ3n) is 2.40. The van der Waals surface area contributed by atoms with Crippen LogP contribution < -0.4 is 4.72 Å². The molecule has 0 fully saturated rings. The Morgan fingerprint density at radius 1 is 1.26 bits per heavy atom. The second kappa shape index (κ2) is 5.48. The molecule has 0 spiro atoms. The van der Waals surface area contributed by atoms with E-state index >= 15 is 0 Å². The summed E-state index contributed by atoms with van der Waals surface area (Å²) in [6.07, 6.45) is 1.51. The lowest BCUT2D eigenvalue weighted by Gasteiger charge is -2.10. The summed E-state index contributed by atoms with van der Waals surface area (Å²) >= 11 is 9.09. The molecule has 1 aromatic heterocycles. The van der Waals surface area contributed by atoms with E-state index in [1.807, 2.05) is 0 Å². The van der Waals surface area contributed by atoms with E-state index in [0.29, 0.717) is 10.6 Å². The molecule has 0 aliphatic rings. The van der Waals surface area contributed by atoms with Crippen molar-refractivity contribution < 1.29 is 8.42 Å². The molecular formula is C12H10BrClN2O2S. The smallest absolute Gasteiger partial charge is 0.263 e. The van der Waals surface area contributed by atoms with Gasteiger partial charge in [0.05, 0.1) is 4.90 Å². The molecule has 0 radical (unpaired) electrons.